The Labute approximate surface area is 146 Å². The molecule has 3 aromatic rings. The van der Waals surface area contributed by atoms with Gasteiger partial charge in [-0.1, -0.05) is 13.8 Å². The number of hydrogen-bond acceptors (Lipinski definition) is 4. The molecule has 0 fully saturated rings. The zero-order chi connectivity index (χ0) is 17.7. The summed E-state index contributed by atoms with van der Waals surface area (Å²) in [6.07, 6.45) is 2.48. The Morgan fingerprint density at radius 2 is 2.16 bits per heavy atom. The first-order chi connectivity index (χ1) is 12.0. The zero-order valence-electron chi connectivity index (χ0n) is 15.0. The highest BCUT2D eigenvalue weighted by atomic mass is 16.2. The Morgan fingerprint density at radius 1 is 1.36 bits per heavy atom. The maximum Gasteiger partial charge on any atom is 0.255 e. The molecule has 0 bridgehead atoms. The SMILES string of the molecule is Cc1nn(C)c2nc(C(C)C)cc(C(=O)N3CCc4nc[nH]c4C3)c12. The van der Waals surface area contributed by atoms with Gasteiger partial charge in [0.2, 0.25) is 0 Å². The summed E-state index contributed by atoms with van der Waals surface area (Å²) in [6, 6.07) is 1.94. The van der Waals surface area contributed by atoms with Crippen LogP contribution < -0.4 is 0 Å². The van der Waals surface area contributed by atoms with E-state index in [9.17, 15) is 4.79 Å². The number of aromatic amines is 1. The Balaban J connectivity index is 1.81. The number of rotatable bonds is 2. The molecular weight excluding hydrogens is 316 g/mol. The van der Waals surface area contributed by atoms with Crippen molar-refractivity contribution in [3.63, 3.8) is 0 Å². The molecule has 1 aliphatic heterocycles. The number of pyridine rings is 1. The maximum atomic E-state index is 13.3. The summed E-state index contributed by atoms with van der Waals surface area (Å²) in [4.78, 5) is 27.4. The van der Waals surface area contributed by atoms with Gasteiger partial charge in [0, 0.05) is 25.7 Å². The van der Waals surface area contributed by atoms with Gasteiger partial charge < -0.3 is 9.88 Å². The number of aromatic nitrogens is 5. The number of carbonyl (C=O) groups excluding carboxylic acids is 1. The van der Waals surface area contributed by atoms with Crippen LogP contribution in [0.25, 0.3) is 11.0 Å². The van der Waals surface area contributed by atoms with Crippen molar-refractivity contribution in [1.29, 1.82) is 0 Å². The third-order valence-electron chi connectivity index (χ3n) is 4.87. The predicted molar refractivity (Wildman–Crippen MR) is 94.4 cm³/mol. The van der Waals surface area contributed by atoms with E-state index in [2.05, 4.69) is 28.9 Å². The zero-order valence-corrected chi connectivity index (χ0v) is 15.0. The van der Waals surface area contributed by atoms with E-state index in [-0.39, 0.29) is 11.8 Å². The van der Waals surface area contributed by atoms with Crippen LogP contribution in [0.4, 0.5) is 0 Å². The lowest BCUT2D eigenvalue weighted by molar-refractivity contribution is 0.0733. The van der Waals surface area contributed by atoms with Gasteiger partial charge in [-0.2, -0.15) is 5.10 Å². The molecule has 0 radical (unpaired) electrons. The molecule has 3 aromatic heterocycles. The molecule has 0 unspecified atom stereocenters. The van der Waals surface area contributed by atoms with Gasteiger partial charge in [0.25, 0.3) is 5.91 Å². The van der Waals surface area contributed by atoms with Crippen LogP contribution in [0.3, 0.4) is 0 Å². The van der Waals surface area contributed by atoms with E-state index < -0.39 is 0 Å². The summed E-state index contributed by atoms with van der Waals surface area (Å²) in [5, 5.41) is 5.33. The molecule has 4 heterocycles. The van der Waals surface area contributed by atoms with E-state index in [1.165, 1.54) is 0 Å². The van der Waals surface area contributed by atoms with Gasteiger partial charge in [0.05, 0.1) is 40.9 Å². The first kappa shape index (κ1) is 15.8. The lowest BCUT2D eigenvalue weighted by atomic mass is 10.0. The van der Waals surface area contributed by atoms with Crippen molar-refractivity contribution in [1.82, 2.24) is 29.6 Å². The van der Waals surface area contributed by atoms with Crippen LogP contribution in [-0.4, -0.2) is 42.1 Å². The summed E-state index contributed by atoms with van der Waals surface area (Å²) in [6.45, 7) is 7.34. The minimum Gasteiger partial charge on any atom is -0.347 e. The Bertz CT molecular complexity index is 968. The van der Waals surface area contributed by atoms with Gasteiger partial charge in [-0.15, -0.1) is 0 Å². The minimum absolute atomic E-state index is 0.0330. The molecule has 1 N–H and O–H groups in total. The fraction of sp³-hybridized carbons (Fsp3) is 0.444. The molecule has 7 nitrogen and oxygen atoms in total. The monoisotopic (exact) mass is 338 g/mol. The van der Waals surface area contributed by atoms with Gasteiger partial charge in [-0.3, -0.25) is 9.48 Å². The van der Waals surface area contributed by atoms with Crippen LogP contribution in [0.2, 0.25) is 0 Å². The van der Waals surface area contributed by atoms with Gasteiger partial charge in [-0.25, -0.2) is 9.97 Å². The Hall–Kier alpha value is -2.70. The van der Waals surface area contributed by atoms with Gasteiger partial charge in [0.1, 0.15) is 0 Å². The topological polar surface area (TPSA) is 79.7 Å². The van der Waals surface area contributed by atoms with Gasteiger partial charge in [-0.05, 0) is 18.9 Å². The largest absolute Gasteiger partial charge is 0.347 e. The van der Waals surface area contributed by atoms with Crippen LogP contribution in [-0.2, 0) is 20.0 Å². The second kappa shape index (κ2) is 5.68. The summed E-state index contributed by atoms with van der Waals surface area (Å²) in [7, 11) is 1.87. The number of carbonyl (C=O) groups is 1. The summed E-state index contributed by atoms with van der Waals surface area (Å²) in [5.74, 6) is 0.275. The number of fused-ring (bicyclic) bond motifs is 2. The Morgan fingerprint density at radius 3 is 2.92 bits per heavy atom. The summed E-state index contributed by atoms with van der Waals surface area (Å²) < 4.78 is 1.76. The standard InChI is InChI=1S/C18H22N6O/c1-10(2)14-7-12(16-11(3)22-23(4)17(16)21-14)18(25)24-6-5-13-15(8-24)20-9-19-13/h7,9-10H,5-6,8H2,1-4H3,(H,19,20). The molecule has 0 spiro atoms. The van der Waals surface area contributed by atoms with E-state index in [1.54, 1.807) is 11.0 Å². The molecule has 0 saturated heterocycles. The average molecular weight is 338 g/mol. The summed E-state index contributed by atoms with van der Waals surface area (Å²) in [5.41, 5.74) is 5.30. The molecule has 0 saturated carbocycles. The van der Waals surface area contributed by atoms with E-state index in [4.69, 9.17) is 4.98 Å². The molecule has 130 valence electrons. The van der Waals surface area contributed by atoms with Crippen molar-refractivity contribution in [3.05, 3.63) is 40.7 Å². The van der Waals surface area contributed by atoms with Crippen molar-refractivity contribution in [3.8, 4) is 0 Å². The molecule has 4 rings (SSSR count). The highest BCUT2D eigenvalue weighted by Gasteiger charge is 2.27. The van der Waals surface area contributed by atoms with Gasteiger partial charge in [0.15, 0.2) is 5.65 Å². The number of imidazole rings is 1. The molecule has 7 heteroatoms. The second-order valence-corrected chi connectivity index (χ2v) is 6.96. The Kier molecular flexibility index (Phi) is 3.59. The number of H-pyrrole nitrogens is 1. The third kappa shape index (κ3) is 2.50. The molecular formula is C18H22N6O. The smallest absolute Gasteiger partial charge is 0.255 e. The molecule has 25 heavy (non-hydrogen) atoms. The quantitative estimate of drug-likeness (QED) is 0.778. The normalized spacial score (nSPS) is 14.4. The van der Waals surface area contributed by atoms with Crippen LogP contribution in [0.5, 0.6) is 0 Å². The van der Waals surface area contributed by atoms with E-state index in [0.29, 0.717) is 18.7 Å². The van der Waals surface area contributed by atoms with Crippen molar-refractivity contribution in [2.75, 3.05) is 6.54 Å². The molecule has 1 aliphatic rings. The molecule has 1 amide bonds. The molecule has 0 aliphatic carbocycles. The van der Waals surface area contributed by atoms with Crippen molar-refractivity contribution in [2.45, 2.75) is 39.7 Å². The number of nitrogens with zero attached hydrogens (tertiary/aromatic N) is 5. The minimum atomic E-state index is 0.0330. The number of aryl methyl sites for hydroxylation is 2. The van der Waals surface area contributed by atoms with Crippen LogP contribution >= 0.6 is 0 Å². The van der Waals surface area contributed by atoms with Crippen LogP contribution in [0, 0.1) is 6.92 Å². The summed E-state index contributed by atoms with van der Waals surface area (Å²) >= 11 is 0. The van der Waals surface area contributed by atoms with Crippen molar-refractivity contribution in [2.24, 2.45) is 7.05 Å². The predicted octanol–water partition coefficient (Wildman–Crippen LogP) is 2.32. The highest BCUT2D eigenvalue weighted by molar-refractivity contribution is 6.06. The lowest BCUT2D eigenvalue weighted by Gasteiger charge is -2.27. The maximum absolute atomic E-state index is 13.3. The number of hydrogen-bond donors (Lipinski definition) is 1. The van der Waals surface area contributed by atoms with E-state index in [0.717, 1.165) is 40.2 Å². The van der Waals surface area contributed by atoms with Crippen molar-refractivity contribution >= 4 is 16.9 Å². The van der Waals surface area contributed by atoms with E-state index >= 15 is 0 Å². The van der Waals surface area contributed by atoms with Crippen molar-refractivity contribution < 1.29 is 4.79 Å². The van der Waals surface area contributed by atoms with Gasteiger partial charge >= 0.3 is 0 Å². The van der Waals surface area contributed by atoms with Crippen LogP contribution in [0.1, 0.15) is 52.9 Å². The third-order valence-corrected chi connectivity index (χ3v) is 4.87. The number of amides is 1. The molecule has 0 atom stereocenters. The fourth-order valence-electron chi connectivity index (χ4n) is 3.48. The van der Waals surface area contributed by atoms with Crippen LogP contribution in [0.15, 0.2) is 12.4 Å². The van der Waals surface area contributed by atoms with E-state index in [1.807, 2.05) is 24.9 Å². The first-order valence-electron chi connectivity index (χ1n) is 8.60. The first-order valence-corrected chi connectivity index (χ1v) is 8.60. The fourth-order valence-corrected chi connectivity index (χ4v) is 3.48. The number of nitrogens with one attached hydrogen (secondary N) is 1. The second-order valence-electron chi connectivity index (χ2n) is 6.96. The highest BCUT2D eigenvalue weighted by Crippen LogP contribution is 2.27. The lowest BCUT2D eigenvalue weighted by Crippen LogP contribution is -2.36. The average Bonchev–Trinajstić information content (AvgIpc) is 3.17. The molecule has 0 aromatic carbocycles.